The number of nitroso groups, excluding NO2 is 1. The number of amides is 1. The lowest BCUT2D eigenvalue weighted by Crippen LogP contribution is -2.41. The van der Waals surface area contributed by atoms with Gasteiger partial charge in [-0.2, -0.15) is 18.2 Å². The Morgan fingerprint density at radius 3 is 2.22 bits per heavy atom. The number of aromatic nitrogens is 4. The molecule has 0 radical (unpaired) electrons. The molecule has 1 aromatic carbocycles. The fourth-order valence-electron chi connectivity index (χ4n) is 2.92. The van der Waals surface area contributed by atoms with Gasteiger partial charge in [-0.15, -0.1) is 4.91 Å². The lowest BCUT2D eigenvalue weighted by Gasteiger charge is -2.16. The molecule has 1 atom stereocenters. The maximum atomic E-state index is 12.3. The van der Waals surface area contributed by atoms with Gasteiger partial charge in [-0.3, -0.25) is 19.4 Å². The van der Waals surface area contributed by atoms with Crippen molar-refractivity contribution >= 4 is 46.6 Å². The number of aliphatic carboxylic acids is 3. The molecule has 0 aliphatic rings. The van der Waals surface area contributed by atoms with Crippen LogP contribution in [0.4, 0.5) is 24.8 Å². The standard InChI is InChI=1S/C19H18N8O7.C2HF3O2/c20-19-24-15-14(17(31)25-19)22-10(7-21-15)8-27(26-34)11-3-1-9(2-4-11)16(30)23-12(18(32)33)5-6-13(28)29;3-2(4,5)1(6)7/h1-4,7,12H,5-6,8H2,(H,23,30)(H,28,29)(H,32,33)(H3,20,21,24,25,31);(H,6,7)/t12-;/m0./s1. The third-order valence-corrected chi connectivity index (χ3v) is 4.82. The van der Waals surface area contributed by atoms with Crippen molar-refractivity contribution in [1.29, 1.82) is 0 Å². The van der Waals surface area contributed by atoms with Crippen molar-refractivity contribution in [2.45, 2.75) is 31.6 Å². The second kappa shape index (κ2) is 13.4. The van der Waals surface area contributed by atoms with Gasteiger partial charge in [-0.05, 0) is 30.7 Å². The van der Waals surface area contributed by atoms with Gasteiger partial charge in [0, 0.05) is 12.0 Å². The summed E-state index contributed by atoms with van der Waals surface area (Å²) >= 11 is 0. The molecule has 1 amide bonds. The molecule has 2 aromatic heterocycles. The number of rotatable bonds is 10. The Bertz CT molecular complexity index is 1510. The summed E-state index contributed by atoms with van der Waals surface area (Å²) in [6.45, 7) is -0.155. The average molecular weight is 584 g/mol. The lowest BCUT2D eigenvalue weighted by molar-refractivity contribution is -0.192. The molecule has 17 nitrogen and oxygen atoms in total. The highest BCUT2D eigenvalue weighted by atomic mass is 19.4. The normalized spacial score (nSPS) is 11.5. The maximum absolute atomic E-state index is 12.3. The number of fused-ring (bicyclic) bond motifs is 1. The van der Waals surface area contributed by atoms with Crippen molar-refractivity contribution in [3.05, 3.63) is 57.0 Å². The first-order valence-corrected chi connectivity index (χ1v) is 10.9. The molecule has 0 saturated heterocycles. The molecule has 3 aromatic rings. The molecule has 2 heterocycles. The van der Waals surface area contributed by atoms with Gasteiger partial charge in [0.1, 0.15) is 6.04 Å². The van der Waals surface area contributed by atoms with Crippen LogP contribution in [-0.4, -0.2) is 71.3 Å². The number of benzene rings is 1. The van der Waals surface area contributed by atoms with E-state index in [4.69, 9.17) is 25.8 Å². The average Bonchev–Trinajstić information content (AvgIpc) is 2.89. The first kappa shape index (κ1) is 31.5. The summed E-state index contributed by atoms with van der Waals surface area (Å²) in [5.74, 6) is -6.16. The number of halogens is 3. The third-order valence-electron chi connectivity index (χ3n) is 4.82. The number of hydrogen-bond donors (Lipinski definition) is 6. The first-order chi connectivity index (χ1) is 19.1. The number of carboxylic acid groups (broad SMARTS) is 3. The number of alkyl halides is 3. The lowest BCUT2D eigenvalue weighted by atomic mass is 10.1. The van der Waals surface area contributed by atoms with Crippen LogP contribution in [0, 0.1) is 4.91 Å². The van der Waals surface area contributed by atoms with Crippen LogP contribution in [0.5, 0.6) is 0 Å². The van der Waals surface area contributed by atoms with E-state index in [0.717, 1.165) is 5.01 Å². The highest BCUT2D eigenvalue weighted by molar-refractivity contribution is 5.97. The second-order valence-corrected chi connectivity index (χ2v) is 7.77. The number of nitrogen functional groups attached to an aromatic ring is 1. The van der Waals surface area contributed by atoms with Gasteiger partial charge in [0.25, 0.3) is 11.5 Å². The second-order valence-electron chi connectivity index (χ2n) is 7.77. The predicted molar refractivity (Wildman–Crippen MR) is 130 cm³/mol. The number of hydrogen-bond acceptors (Lipinski definition) is 11. The van der Waals surface area contributed by atoms with E-state index in [1.54, 1.807) is 0 Å². The Morgan fingerprint density at radius 2 is 1.71 bits per heavy atom. The van der Waals surface area contributed by atoms with Crippen molar-refractivity contribution < 1.29 is 47.7 Å². The Hall–Kier alpha value is -5.69. The number of H-pyrrole nitrogens is 1. The fourth-order valence-corrected chi connectivity index (χ4v) is 2.92. The van der Waals surface area contributed by atoms with Crippen LogP contribution in [0.25, 0.3) is 11.2 Å². The SMILES string of the molecule is Nc1nc2ncc(CN(N=O)c3ccc(C(=O)N[C@@H](CCC(=O)O)C(=O)O)cc3)nc2c(=O)[nH]1.O=C(O)C(F)(F)F. The van der Waals surface area contributed by atoms with E-state index in [2.05, 4.69) is 30.5 Å². The minimum Gasteiger partial charge on any atom is -0.481 e. The molecule has 0 bridgehead atoms. The molecule has 0 aliphatic heterocycles. The van der Waals surface area contributed by atoms with Crippen molar-refractivity contribution in [2.75, 3.05) is 10.7 Å². The molecule has 0 saturated carbocycles. The van der Waals surface area contributed by atoms with E-state index < -0.39 is 48.0 Å². The molecule has 20 heteroatoms. The van der Waals surface area contributed by atoms with Crippen LogP contribution in [-0.2, 0) is 20.9 Å². The molecule has 0 spiro atoms. The predicted octanol–water partition coefficient (Wildman–Crippen LogP) is 0.664. The van der Waals surface area contributed by atoms with Crippen molar-refractivity contribution in [1.82, 2.24) is 25.3 Å². The van der Waals surface area contributed by atoms with Crippen LogP contribution < -0.4 is 21.6 Å². The van der Waals surface area contributed by atoms with Gasteiger partial charge < -0.3 is 26.4 Å². The number of carbonyl (C=O) groups is 4. The van der Waals surface area contributed by atoms with Gasteiger partial charge >= 0.3 is 24.1 Å². The van der Waals surface area contributed by atoms with Crippen LogP contribution in [0.2, 0.25) is 0 Å². The topological polar surface area (TPSA) is 271 Å². The first-order valence-electron chi connectivity index (χ1n) is 10.9. The Morgan fingerprint density at radius 1 is 1.10 bits per heavy atom. The van der Waals surface area contributed by atoms with Gasteiger partial charge in [-0.25, -0.2) is 24.6 Å². The maximum Gasteiger partial charge on any atom is 0.490 e. The van der Waals surface area contributed by atoms with E-state index in [1.165, 1.54) is 30.5 Å². The smallest absolute Gasteiger partial charge is 0.481 e. The van der Waals surface area contributed by atoms with E-state index in [9.17, 15) is 37.3 Å². The molecule has 41 heavy (non-hydrogen) atoms. The van der Waals surface area contributed by atoms with Crippen molar-refractivity contribution in [2.24, 2.45) is 5.29 Å². The summed E-state index contributed by atoms with van der Waals surface area (Å²) in [5, 5.41) is 31.2. The quantitative estimate of drug-likeness (QED) is 0.141. The number of aromatic amines is 1. The summed E-state index contributed by atoms with van der Waals surface area (Å²) in [5.41, 5.74) is 5.42. The number of carbonyl (C=O) groups excluding carboxylic acids is 1. The molecule has 0 fully saturated rings. The summed E-state index contributed by atoms with van der Waals surface area (Å²) in [7, 11) is 0. The van der Waals surface area contributed by atoms with Crippen LogP contribution in [0.15, 0.2) is 40.5 Å². The van der Waals surface area contributed by atoms with Crippen molar-refractivity contribution in [3.8, 4) is 0 Å². The van der Waals surface area contributed by atoms with E-state index >= 15 is 0 Å². The summed E-state index contributed by atoms with van der Waals surface area (Å²) in [6.07, 6.45) is -4.49. The van der Waals surface area contributed by atoms with E-state index in [1.807, 2.05) is 0 Å². The monoisotopic (exact) mass is 584 g/mol. The van der Waals surface area contributed by atoms with Gasteiger partial charge in [0.15, 0.2) is 11.2 Å². The highest BCUT2D eigenvalue weighted by Crippen LogP contribution is 2.19. The Labute approximate surface area is 224 Å². The zero-order chi connectivity index (χ0) is 30.9. The number of carboxylic acids is 3. The van der Waals surface area contributed by atoms with Gasteiger partial charge in [-0.1, -0.05) is 0 Å². The molecule has 218 valence electrons. The summed E-state index contributed by atoms with van der Waals surface area (Å²) in [6, 6.07) is 4.08. The van der Waals surface area contributed by atoms with E-state index in [-0.39, 0.29) is 47.0 Å². The largest absolute Gasteiger partial charge is 0.490 e. The molecule has 3 rings (SSSR count). The fraction of sp³-hybridized carbons (Fsp3) is 0.238. The summed E-state index contributed by atoms with van der Waals surface area (Å²) in [4.78, 5) is 80.8. The summed E-state index contributed by atoms with van der Waals surface area (Å²) < 4.78 is 31.7. The third kappa shape index (κ3) is 9.23. The molecule has 0 unspecified atom stereocenters. The number of nitrogens with one attached hydrogen (secondary N) is 2. The van der Waals surface area contributed by atoms with Crippen molar-refractivity contribution in [3.63, 3.8) is 0 Å². The zero-order valence-corrected chi connectivity index (χ0v) is 20.3. The molecular weight excluding hydrogens is 565 g/mol. The molecule has 7 N–H and O–H groups in total. The highest BCUT2D eigenvalue weighted by Gasteiger charge is 2.38. The van der Waals surface area contributed by atoms with Crippen LogP contribution in [0.3, 0.4) is 0 Å². The minimum atomic E-state index is -5.08. The zero-order valence-electron chi connectivity index (χ0n) is 20.3. The Kier molecular flexibility index (Phi) is 10.3. The minimum absolute atomic E-state index is 0.0361. The number of nitrogens with zero attached hydrogens (tertiary/aromatic N) is 5. The Balaban J connectivity index is 0.000000745. The van der Waals surface area contributed by atoms with Crippen LogP contribution in [0.1, 0.15) is 28.9 Å². The molecular formula is C21H19F3N8O9. The van der Waals surface area contributed by atoms with Gasteiger partial charge in [0.05, 0.1) is 29.4 Å². The van der Waals surface area contributed by atoms with E-state index in [0.29, 0.717) is 0 Å². The van der Waals surface area contributed by atoms with Gasteiger partial charge in [0.2, 0.25) is 5.95 Å². The number of nitrogens with two attached hydrogens (primary N) is 1. The molecule has 0 aliphatic carbocycles. The number of anilines is 2. The van der Waals surface area contributed by atoms with Crippen LogP contribution >= 0.6 is 0 Å².